The maximum atomic E-state index is 8.63. The van der Waals surface area contributed by atoms with Gasteiger partial charge in [0.15, 0.2) is 0 Å². The van der Waals surface area contributed by atoms with Crippen LogP contribution in [0.25, 0.3) is 0 Å². The molecule has 0 spiro atoms. The molecule has 0 aliphatic heterocycles. The molecule has 0 unspecified atom stereocenters. The summed E-state index contributed by atoms with van der Waals surface area (Å²) in [6.45, 7) is 4.00. The molecule has 3 heteroatoms. The van der Waals surface area contributed by atoms with E-state index in [0.29, 0.717) is 5.47 Å². The standard InChI is InChI=1S/C6H9BO2.C2H6/c8-7(9)6-4-2-1-3-5-6;1-2/h1-2,4,8-9H,3,5H2;1-2H3. The van der Waals surface area contributed by atoms with Gasteiger partial charge in [0.25, 0.3) is 0 Å². The zero-order valence-electron chi connectivity index (χ0n) is 7.12. The van der Waals surface area contributed by atoms with E-state index in [2.05, 4.69) is 0 Å². The maximum Gasteiger partial charge on any atom is 0.484 e. The molecule has 0 heterocycles. The van der Waals surface area contributed by atoms with Crippen LogP contribution in [-0.4, -0.2) is 17.2 Å². The van der Waals surface area contributed by atoms with Crippen molar-refractivity contribution in [1.82, 2.24) is 0 Å². The van der Waals surface area contributed by atoms with Crippen LogP contribution in [0, 0.1) is 0 Å². The third kappa shape index (κ3) is 4.01. The summed E-state index contributed by atoms with van der Waals surface area (Å²) < 4.78 is 0. The molecule has 0 saturated heterocycles. The highest BCUT2D eigenvalue weighted by molar-refractivity contribution is 6.50. The largest absolute Gasteiger partial charge is 0.484 e. The number of hydrogen-bond donors (Lipinski definition) is 2. The molecule has 0 aromatic rings. The molecule has 0 aromatic heterocycles. The van der Waals surface area contributed by atoms with Gasteiger partial charge >= 0.3 is 7.12 Å². The van der Waals surface area contributed by atoms with E-state index in [1.54, 1.807) is 6.08 Å². The van der Waals surface area contributed by atoms with Crippen molar-refractivity contribution in [2.75, 3.05) is 0 Å². The summed E-state index contributed by atoms with van der Waals surface area (Å²) in [6.07, 6.45) is 7.29. The Morgan fingerprint density at radius 2 is 2.00 bits per heavy atom. The first kappa shape index (κ1) is 10.5. The Labute approximate surface area is 68.4 Å². The minimum Gasteiger partial charge on any atom is -0.423 e. The summed E-state index contributed by atoms with van der Waals surface area (Å²) >= 11 is 0. The van der Waals surface area contributed by atoms with Gasteiger partial charge in [0, 0.05) is 0 Å². The van der Waals surface area contributed by atoms with Gasteiger partial charge < -0.3 is 10.0 Å². The summed E-state index contributed by atoms with van der Waals surface area (Å²) in [5.74, 6) is 0. The first-order chi connectivity index (χ1) is 5.30. The first-order valence-electron chi connectivity index (χ1n) is 4.02. The van der Waals surface area contributed by atoms with E-state index in [1.807, 2.05) is 26.0 Å². The number of hydrogen-bond acceptors (Lipinski definition) is 2. The van der Waals surface area contributed by atoms with Crippen molar-refractivity contribution in [1.29, 1.82) is 0 Å². The third-order valence-corrected chi connectivity index (χ3v) is 1.38. The van der Waals surface area contributed by atoms with Crippen LogP contribution in [0.2, 0.25) is 0 Å². The maximum absolute atomic E-state index is 8.63. The van der Waals surface area contributed by atoms with Gasteiger partial charge in [0.1, 0.15) is 0 Å². The predicted molar refractivity (Wildman–Crippen MR) is 48.0 cm³/mol. The van der Waals surface area contributed by atoms with Crippen molar-refractivity contribution in [3.63, 3.8) is 0 Å². The lowest BCUT2D eigenvalue weighted by Crippen LogP contribution is -2.15. The lowest BCUT2D eigenvalue weighted by molar-refractivity contribution is 0.416. The van der Waals surface area contributed by atoms with Crippen LogP contribution in [-0.2, 0) is 0 Å². The van der Waals surface area contributed by atoms with Crippen LogP contribution < -0.4 is 0 Å². The van der Waals surface area contributed by atoms with Crippen LogP contribution in [0.15, 0.2) is 23.7 Å². The Kier molecular flexibility index (Phi) is 5.89. The van der Waals surface area contributed by atoms with E-state index in [1.165, 1.54) is 0 Å². The molecule has 1 aliphatic rings. The second-order valence-corrected chi connectivity index (χ2v) is 2.08. The zero-order chi connectivity index (χ0) is 8.69. The van der Waals surface area contributed by atoms with Crippen LogP contribution in [0.4, 0.5) is 0 Å². The molecule has 0 atom stereocenters. The summed E-state index contributed by atoms with van der Waals surface area (Å²) in [6, 6.07) is 0. The van der Waals surface area contributed by atoms with E-state index in [0.717, 1.165) is 12.8 Å². The van der Waals surface area contributed by atoms with Crippen molar-refractivity contribution in [2.45, 2.75) is 26.7 Å². The lowest BCUT2D eigenvalue weighted by Gasteiger charge is -2.05. The average Bonchev–Trinajstić information content (AvgIpc) is 2.10. The number of rotatable bonds is 1. The second kappa shape index (κ2) is 6.19. The monoisotopic (exact) mass is 154 g/mol. The van der Waals surface area contributed by atoms with Crippen LogP contribution in [0.3, 0.4) is 0 Å². The van der Waals surface area contributed by atoms with Crippen molar-refractivity contribution in [2.24, 2.45) is 0 Å². The predicted octanol–water partition coefficient (Wildman–Crippen LogP) is 1.30. The summed E-state index contributed by atoms with van der Waals surface area (Å²) in [7, 11) is -1.25. The third-order valence-electron chi connectivity index (χ3n) is 1.38. The van der Waals surface area contributed by atoms with Crippen molar-refractivity contribution >= 4 is 7.12 Å². The molecule has 2 N–H and O–H groups in total. The van der Waals surface area contributed by atoms with Crippen LogP contribution in [0.1, 0.15) is 26.7 Å². The molecular formula is C8H15BO2. The normalized spacial score (nSPS) is 14.7. The molecule has 0 fully saturated rings. The van der Waals surface area contributed by atoms with Crippen LogP contribution >= 0.6 is 0 Å². The SMILES string of the molecule is CC.OB(O)C1=CC=CCC1. The lowest BCUT2D eigenvalue weighted by atomic mass is 9.75. The molecule has 0 amide bonds. The fourth-order valence-electron chi connectivity index (χ4n) is 0.836. The molecule has 0 bridgehead atoms. The quantitative estimate of drug-likeness (QED) is 0.559. The molecule has 0 radical (unpaired) electrons. The van der Waals surface area contributed by atoms with Gasteiger partial charge in [-0.3, -0.25) is 0 Å². The molecule has 62 valence electrons. The topological polar surface area (TPSA) is 40.5 Å². The highest BCUT2D eigenvalue weighted by Crippen LogP contribution is 2.11. The van der Waals surface area contributed by atoms with Crippen LogP contribution in [0.5, 0.6) is 0 Å². The highest BCUT2D eigenvalue weighted by atomic mass is 16.4. The van der Waals surface area contributed by atoms with Gasteiger partial charge in [-0.15, -0.1) is 0 Å². The summed E-state index contributed by atoms with van der Waals surface area (Å²) in [4.78, 5) is 0. The summed E-state index contributed by atoms with van der Waals surface area (Å²) in [5, 5.41) is 17.3. The molecule has 1 rings (SSSR count). The van der Waals surface area contributed by atoms with Crippen molar-refractivity contribution in [3.05, 3.63) is 23.7 Å². The molecule has 11 heavy (non-hydrogen) atoms. The smallest absolute Gasteiger partial charge is 0.423 e. The molecular weight excluding hydrogens is 139 g/mol. The van der Waals surface area contributed by atoms with Gasteiger partial charge in [-0.25, -0.2) is 0 Å². The molecule has 0 aromatic carbocycles. The van der Waals surface area contributed by atoms with Gasteiger partial charge in [0.2, 0.25) is 0 Å². The molecule has 0 saturated carbocycles. The second-order valence-electron chi connectivity index (χ2n) is 2.08. The van der Waals surface area contributed by atoms with Gasteiger partial charge in [-0.05, 0) is 18.3 Å². The average molecular weight is 154 g/mol. The molecule has 1 aliphatic carbocycles. The van der Waals surface area contributed by atoms with Crippen molar-refractivity contribution < 1.29 is 10.0 Å². The fraction of sp³-hybridized carbons (Fsp3) is 0.500. The molecule has 2 nitrogen and oxygen atoms in total. The Bertz CT molecular complexity index is 150. The van der Waals surface area contributed by atoms with E-state index in [4.69, 9.17) is 10.0 Å². The minimum atomic E-state index is -1.25. The first-order valence-corrected chi connectivity index (χ1v) is 4.02. The van der Waals surface area contributed by atoms with E-state index >= 15 is 0 Å². The zero-order valence-corrected chi connectivity index (χ0v) is 7.12. The Morgan fingerprint density at radius 1 is 1.36 bits per heavy atom. The highest BCUT2D eigenvalue weighted by Gasteiger charge is 2.13. The minimum absolute atomic E-state index is 0.706. The fourth-order valence-corrected chi connectivity index (χ4v) is 0.836. The van der Waals surface area contributed by atoms with Gasteiger partial charge in [0.05, 0.1) is 0 Å². The van der Waals surface area contributed by atoms with E-state index in [-0.39, 0.29) is 0 Å². The Balaban J connectivity index is 0.000000461. The Morgan fingerprint density at radius 3 is 2.27 bits per heavy atom. The number of allylic oxidation sites excluding steroid dienone is 4. The van der Waals surface area contributed by atoms with E-state index in [9.17, 15) is 0 Å². The van der Waals surface area contributed by atoms with Crippen molar-refractivity contribution in [3.8, 4) is 0 Å². The van der Waals surface area contributed by atoms with Gasteiger partial charge in [-0.1, -0.05) is 32.1 Å². The Hall–Kier alpha value is -0.535. The van der Waals surface area contributed by atoms with E-state index < -0.39 is 7.12 Å². The summed E-state index contributed by atoms with van der Waals surface area (Å²) in [5.41, 5.74) is 0.706. The van der Waals surface area contributed by atoms with Gasteiger partial charge in [-0.2, -0.15) is 0 Å².